The van der Waals surface area contributed by atoms with Gasteiger partial charge in [0.15, 0.2) is 10.7 Å². The van der Waals surface area contributed by atoms with E-state index in [1.807, 2.05) is 53.2 Å². The summed E-state index contributed by atoms with van der Waals surface area (Å²) in [5.41, 5.74) is 4.30. The highest BCUT2D eigenvalue weighted by molar-refractivity contribution is 7.18. The largest absolute Gasteiger partial charge is 0.295 e. The van der Waals surface area contributed by atoms with Gasteiger partial charge in [-0.3, -0.25) is 15.1 Å². The molecule has 138 valence electrons. The van der Waals surface area contributed by atoms with Crippen molar-refractivity contribution in [2.75, 3.05) is 5.32 Å². The molecule has 0 saturated carbocycles. The Hall–Kier alpha value is -3.39. The van der Waals surface area contributed by atoms with Crippen LogP contribution in [0, 0.1) is 0 Å². The van der Waals surface area contributed by atoms with Crippen molar-refractivity contribution >= 4 is 22.4 Å². The predicted octanol–water partition coefficient (Wildman–Crippen LogP) is 3.53. The van der Waals surface area contributed by atoms with E-state index < -0.39 is 0 Å². The molecule has 1 aliphatic rings. The normalized spacial score (nSPS) is 12.7. The number of hydrogen-bond donors (Lipinski definition) is 1. The highest BCUT2D eigenvalue weighted by atomic mass is 32.1. The number of benzene rings is 1. The fourth-order valence-electron chi connectivity index (χ4n) is 3.43. The van der Waals surface area contributed by atoms with Crippen LogP contribution in [-0.2, 0) is 12.8 Å². The third-order valence-corrected chi connectivity index (χ3v) is 5.54. The number of rotatable bonds is 4. The number of fused-ring (bicyclic) bond motifs is 1. The first-order valence-electron chi connectivity index (χ1n) is 9.02. The molecule has 0 saturated heterocycles. The van der Waals surface area contributed by atoms with E-state index in [0.29, 0.717) is 15.8 Å². The Morgan fingerprint density at radius 2 is 1.89 bits per heavy atom. The standard InChI is InChI=1S/C20H16N6OS/c27-18(22-20-24-23-19(28-20)15-10-4-5-12-21-15)17-14-9-6-11-16(14)26(25-17)13-7-2-1-3-8-13/h1-5,7-8,10,12H,6,9,11H2,(H,22,24,27). The van der Waals surface area contributed by atoms with Crippen LogP contribution in [0.4, 0.5) is 5.13 Å². The second kappa shape index (κ2) is 6.97. The first kappa shape index (κ1) is 16.8. The Morgan fingerprint density at radius 1 is 1.04 bits per heavy atom. The number of nitrogens with one attached hydrogen (secondary N) is 1. The summed E-state index contributed by atoms with van der Waals surface area (Å²) in [6, 6.07) is 15.5. The number of amides is 1. The molecule has 5 rings (SSSR count). The van der Waals surface area contributed by atoms with Crippen LogP contribution in [0.15, 0.2) is 54.7 Å². The van der Waals surface area contributed by atoms with E-state index >= 15 is 0 Å². The number of aromatic nitrogens is 5. The second-order valence-corrected chi connectivity index (χ2v) is 7.43. The molecule has 28 heavy (non-hydrogen) atoms. The van der Waals surface area contributed by atoms with E-state index in [9.17, 15) is 4.79 Å². The topological polar surface area (TPSA) is 85.6 Å². The average molecular weight is 388 g/mol. The minimum absolute atomic E-state index is 0.253. The number of carbonyl (C=O) groups is 1. The minimum atomic E-state index is -0.253. The molecule has 1 N–H and O–H groups in total. The molecule has 3 aromatic heterocycles. The van der Waals surface area contributed by atoms with Crippen LogP contribution in [0.2, 0.25) is 0 Å². The molecule has 0 unspecified atom stereocenters. The molecular weight excluding hydrogens is 372 g/mol. The Balaban J connectivity index is 1.43. The molecule has 0 aliphatic heterocycles. The van der Waals surface area contributed by atoms with Gasteiger partial charge in [0.05, 0.1) is 5.69 Å². The van der Waals surface area contributed by atoms with Gasteiger partial charge in [0.25, 0.3) is 5.91 Å². The van der Waals surface area contributed by atoms with E-state index in [2.05, 4.69) is 25.6 Å². The predicted molar refractivity (Wildman–Crippen MR) is 107 cm³/mol. The van der Waals surface area contributed by atoms with Crippen molar-refractivity contribution in [1.82, 2.24) is 25.0 Å². The maximum atomic E-state index is 12.9. The third-order valence-electron chi connectivity index (χ3n) is 4.68. The molecule has 7 nitrogen and oxygen atoms in total. The monoisotopic (exact) mass is 388 g/mol. The minimum Gasteiger partial charge on any atom is -0.295 e. The van der Waals surface area contributed by atoms with Crippen molar-refractivity contribution in [2.24, 2.45) is 0 Å². The van der Waals surface area contributed by atoms with Gasteiger partial charge >= 0.3 is 0 Å². The molecule has 0 spiro atoms. The summed E-state index contributed by atoms with van der Waals surface area (Å²) < 4.78 is 1.89. The van der Waals surface area contributed by atoms with E-state index in [1.54, 1.807) is 6.20 Å². The Morgan fingerprint density at radius 3 is 2.71 bits per heavy atom. The lowest BCUT2D eigenvalue weighted by Gasteiger charge is -2.04. The number of hydrogen-bond acceptors (Lipinski definition) is 6. The summed E-state index contributed by atoms with van der Waals surface area (Å²) in [6.45, 7) is 0. The van der Waals surface area contributed by atoms with Gasteiger partial charge in [0.2, 0.25) is 5.13 Å². The molecule has 0 radical (unpaired) electrons. The van der Waals surface area contributed by atoms with Crippen molar-refractivity contribution in [3.05, 3.63) is 71.7 Å². The summed E-state index contributed by atoms with van der Waals surface area (Å²) in [5.74, 6) is -0.253. The SMILES string of the molecule is O=C(Nc1nnc(-c2ccccn2)s1)c1nn(-c2ccccc2)c2c1CCC2. The van der Waals surface area contributed by atoms with Gasteiger partial charge in [0, 0.05) is 17.5 Å². The molecule has 8 heteroatoms. The van der Waals surface area contributed by atoms with Gasteiger partial charge in [0.1, 0.15) is 5.69 Å². The zero-order valence-corrected chi connectivity index (χ0v) is 15.7. The first-order chi connectivity index (χ1) is 13.8. The Kier molecular flexibility index (Phi) is 4.17. The molecular formula is C20H16N6OS. The van der Waals surface area contributed by atoms with E-state index in [0.717, 1.165) is 41.9 Å². The van der Waals surface area contributed by atoms with Crippen molar-refractivity contribution in [2.45, 2.75) is 19.3 Å². The van der Waals surface area contributed by atoms with Gasteiger partial charge in [-0.05, 0) is 43.5 Å². The van der Waals surface area contributed by atoms with Crippen molar-refractivity contribution in [3.63, 3.8) is 0 Å². The van der Waals surface area contributed by atoms with Crippen molar-refractivity contribution in [1.29, 1.82) is 0 Å². The molecule has 1 aliphatic carbocycles. The smallest absolute Gasteiger partial charge is 0.278 e. The van der Waals surface area contributed by atoms with Gasteiger partial charge in [-0.25, -0.2) is 4.68 Å². The van der Waals surface area contributed by atoms with Crippen LogP contribution in [-0.4, -0.2) is 30.9 Å². The number of para-hydroxylation sites is 1. The number of carbonyl (C=O) groups excluding carboxylic acids is 1. The van der Waals surface area contributed by atoms with E-state index in [-0.39, 0.29) is 5.91 Å². The lowest BCUT2D eigenvalue weighted by molar-refractivity contribution is 0.102. The van der Waals surface area contributed by atoms with Gasteiger partial charge in [-0.15, -0.1) is 10.2 Å². The molecule has 0 fully saturated rings. The zero-order valence-electron chi connectivity index (χ0n) is 14.9. The Bertz CT molecular complexity index is 1140. The molecule has 1 aromatic carbocycles. The quantitative estimate of drug-likeness (QED) is 0.578. The van der Waals surface area contributed by atoms with Crippen molar-refractivity contribution < 1.29 is 4.79 Å². The number of anilines is 1. The third kappa shape index (κ3) is 2.97. The maximum absolute atomic E-state index is 12.9. The molecule has 0 bridgehead atoms. The Labute approximate surface area is 165 Å². The fraction of sp³-hybridized carbons (Fsp3) is 0.150. The lowest BCUT2D eigenvalue weighted by Crippen LogP contribution is -2.14. The summed E-state index contributed by atoms with van der Waals surface area (Å²) in [6.07, 6.45) is 4.52. The zero-order chi connectivity index (χ0) is 18.9. The average Bonchev–Trinajstić information content (AvgIpc) is 3.46. The molecule has 3 heterocycles. The van der Waals surface area contributed by atoms with Gasteiger partial charge in [-0.2, -0.15) is 5.10 Å². The highest BCUT2D eigenvalue weighted by Crippen LogP contribution is 2.29. The second-order valence-electron chi connectivity index (χ2n) is 6.46. The van der Waals surface area contributed by atoms with E-state index in [4.69, 9.17) is 0 Å². The van der Waals surface area contributed by atoms with Crippen LogP contribution >= 0.6 is 11.3 Å². The molecule has 1 amide bonds. The summed E-state index contributed by atoms with van der Waals surface area (Å²) in [7, 11) is 0. The lowest BCUT2D eigenvalue weighted by atomic mass is 10.2. The van der Waals surface area contributed by atoms with Crippen molar-refractivity contribution in [3.8, 4) is 16.4 Å². The first-order valence-corrected chi connectivity index (χ1v) is 9.84. The van der Waals surface area contributed by atoms with Crippen LogP contribution in [0.3, 0.4) is 0 Å². The molecule has 4 aromatic rings. The highest BCUT2D eigenvalue weighted by Gasteiger charge is 2.27. The van der Waals surface area contributed by atoms with Crippen LogP contribution in [0.25, 0.3) is 16.4 Å². The number of pyridine rings is 1. The van der Waals surface area contributed by atoms with Gasteiger partial charge < -0.3 is 0 Å². The fourth-order valence-corrected chi connectivity index (χ4v) is 4.14. The van der Waals surface area contributed by atoms with Crippen LogP contribution in [0.1, 0.15) is 28.2 Å². The maximum Gasteiger partial charge on any atom is 0.278 e. The summed E-state index contributed by atoms with van der Waals surface area (Å²) in [4.78, 5) is 17.2. The van der Waals surface area contributed by atoms with Crippen LogP contribution < -0.4 is 5.32 Å². The number of nitrogens with zero attached hydrogens (tertiary/aromatic N) is 5. The summed E-state index contributed by atoms with van der Waals surface area (Å²) >= 11 is 1.29. The van der Waals surface area contributed by atoms with Crippen LogP contribution in [0.5, 0.6) is 0 Å². The van der Waals surface area contributed by atoms with E-state index in [1.165, 1.54) is 11.3 Å². The molecule has 0 atom stereocenters. The summed E-state index contributed by atoms with van der Waals surface area (Å²) in [5, 5.41) is 16.8. The van der Waals surface area contributed by atoms with Gasteiger partial charge in [-0.1, -0.05) is 35.6 Å².